The Labute approximate surface area is 500 Å². The van der Waals surface area contributed by atoms with Crippen molar-refractivity contribution in [1.29, 1.82) is 0 Å². The molecule has 11 atom stereocenters. The van der Waals surface area contributed by atoms with Crippen molar-refractivity contribution in [2.75, 3.05) is 41.8 Å². The number of likely N-dealkylation sites (N-methyl/N-ethyl adjacent to an activating group) is 5. The summed E-state index contributed by atoms with van der Waals surface area (Å²) in [5, 5.41) is 23.5. The van der Waals surface area contributed by atoms with Gasteiger partial charge in [0.05, 0.1) is 6.10 Å². The van der Waals surface area contributed by atoms with E-state index in [9.17, 15) is 48.3 Å². The Balaban J connectivity index is 2.48. The zero-order valence-electron chi connectivity index (χ0n) is 53.6. The van der Waals surface area contributed by atoms with Crippen LogP contribution in [0.3, 0.4) is 0 Å². The van der Waals surface area contributed by atoms with Gasteiger partial charge in [-0.1, -0.05) is 136 Å². The van der Waals surface area contributed by atoms with Crippen molar-refractivity contribution < 1.29 is 53.1 Å². The first kappa shape index (κ1) is 73.2. The van der Waals surface area contributed by atoms with E-state index in [4.69, 9.17) is 0 Å². The molecule has 2 rings (SSSR count). The number of amides is 10. The zero-order chi connectivity index (χ0) is 64.0. The third-order valence-electron chi connectivity index (χ3n) is 15.4. The highest BCUT2D eigenvalue weighted by molar-refractivity contribution is 5.98. The maximum absolute atomic E-state index is 15.2. The van der Waals surface area contributed by atoms with Gasteiger partial charge in [-0.05, 0) is 87.2 Å². The summed E-state index contributed by atoms with van der Waals surface area (Å²) < 4.78 is 0. The summed E-state index contributed by atoms with van der Waals surface area (Å²) in [5.41, 5.74) is 1.79. The van der Waals surface area contributed by atoms with E-state index in [0.717, 1.165) is 10.5 Å². The molecule has 84 heavy (non-hydrogen) atoms. The Morgan fingerprint density at radius 1 is 0.440 bits per heavy atom. The summed E-state index contributed by atoms with van der Waals surface area (Å²) in [4.78, 5) is 147. The second kappa shape index (κ2) is 34.8. The predicted molar refractivity (Wildman–Crippen MR) is 325 cm³/mol. The van der Waals surface area contributed by atoms with Crippen LogP contribution in [0.15, 0.2) is 60.7 Å². The average molecular weight is 1180 g/mol. The van der Waals surface area contributed by atoms with Gasteiger partial charge in [0.25, 0.3) is 0 Å². The minimum atomic E-state index is -1.34. The molecule has 0 aliphatic rings. The number of nitrogens with one attached hydrogen (secondary N) is 5. The molecule has 0 spiro atoms. The van der Waals surface area contributed by atoms with Crippen LogP contribution < -0.4 is 26.6 Å². The van der Waals surface area contributed by atoms with Crippen LogP contribution in [0.2, 0.25) is 0 Å². The molecule has 0 radical (unpaired) electrons. The molecule has 0 aromatic heterocycles. The number of rotatable bonds is 33. The Bertz CT molecular complexity index is 2490. The Morgan fingerprint density at radius 3 is 1.32 bits per heavy atom. The maximum atomic E-state index is 15.2. The number of carbonyl (C=O) groups is 10. The van der Waals surface area contributed by atoms with Crippen molar-refractivity contribution in [3.05, 3.63) is 71.8 Å². The fraction of sp³-hybridized carbons (Fsp3) is 0.651. The van der Waals surface area contributed by atoms with Gasteiger partial charge in [0.2, 0.25) is 59.1 Å². The van der Waals surface area contributed by atoms with Gasteiger partial charge in [-0.25, -0.2) is 0 Å². The summed E-state index contributed by atoms with van der Waals surface area (Å²) in [7, 11) is 7.68. The lowest BCUT2D eigenvalue weighted by atomic mass is 9.94. The zero-order valence-corrected chi connectivity index (χ0v) is 53.6. The molecule has 0 bridgehead atoms. The maximum Gasteiger partial charge on any atom is 0.246 e. The molecule has 0 saturated heterocycles. The Kier molecular flexibility index (Phi) is 30.3. The molecule has 0 fully saturated rings. The van der Waals surface area contributed by atoms with Crippen LogP contribution in [0.5, 0.6) is 0 Å². The summed E-state index contributed by atoms with van der Waals surface area (Å²) in [5.74, 6) is -6.97. The molecule has 21 nitrogen and oxygen atoms in total. The lowest BCUT2D eigenvalue weighted by Gasteiger charge is -2.38. The van der Waals surface area contributed by atoms with Gasteiger partial charge in [-0.3, -0.25) is 47.9 Å². The highest BCUT2D eigenvalue weighted by atomic mass is 16.3. The van der Waals surface area contributed by atoms with Crippen LogP contribution in [0.4, 0.5) is 0 Å². The van der Waals surface area contributed by atoms with Gasteiger partial charge in [-0.15, -0.1) is 0 Å². The molecule has 470 valence electrons. The molecule has 2 aromatic rings. The quantitative estimate of drug-likeness (QED) is 0.0596. The monoisotopic (exact) mass is 1170 g/mol. The summed E-state index contributed by atoms with van der Waals surface area (Å²) in [6.45, 7) is 24.5. The number of carbonyl (C=O) groups excluding carboxylic acids is 10. The molecular weight excluding hydrogens is 1070 g/mol. The van der Waals surface area contributed by atoms with Gasteiger partial charge in [0, 0.05) is 55.1 Å². The van der Waals surface area contributed by atoms with Crippen LogP contribution in [0, 0.1) is 29.6 Å². The van der Waals surface area contributed by atoms with Gasteiger partial charge in [0.15, 0.2) is 0 Å². The van der Waals surface area contributed by atoms with E-state index < -0.39 is 120 Å². The summed E-state index contributed by atoms with van der Waals surface area (Å²) in [6, 6.07) is 8.60. The van der Waals surface area contributed by atoms with E-state index >= 15 is 4.79 Å². The fourth-order valence-electron chi connectivity index (χ4n) is 9.86. The number of hydrogen-bond acceptors (Lipinski definition) is 11. The SMILES string of the molecule is CC[C@H](C)[C@H](NC(=O)[C@H](CC(C)C)N(C)C(=O)[C@H](Cc1ccccc1)N(C)C(=O)[C@H](NC(=O)[C@H](C)NC(=O)[C@H](CC(C)C)N(C)C(=O)[C@H](C)NC(=O)[C@@H](NC(C)=O)[C@@H](C)O)C(C)C)C(=O)N(C)[C@@H](CC(C)C)C(=O)N(C)CCc1ccccc1. The van der Waals surface area contributed by atoms with Crippen molar-refractivity contribution in [2.45, 2.75) is 196 Å². The van der Waals surface area contributed by atoms with E-state index in [1.54, 1.807) is 45.0 Å². The van der Waals surface area contributed by atoms with Gasteiger partial charge < -0.3 is 56.2 Å². The van der Waals surface area contributed by atoms with E-state index in [1.807, 2.05) is 104 Å². The average Bonchev–Trinajstić information content (AvgIpc) is 2.79. The fourth-order valence-corrected chi connectivity index (χ4v) is 9.86. The largest absolute Gasteiger partial charge is 0.391 e. The first-order valence-corrected chi connectivity index (χ1v) is 29.7. The van der Waals surface area contributed by atoms with Gasteiger partial charge >= 0.3 is 0 Å². The minimum Gasteiger partial charge on any atom is -0.391 e. The molecule has 0 aliphatic heterocycles. The second-order valence-electron chi connectivity index (χ2n) is 24.4. The lowest BCUT2D eigenvalue weighted by molar-refractivity contribution is -0.151. The van der Waals surface area contributed by atoms with E-state index in [2.05, 4.69) is 26.6 Å². The molecule has 2 aromatic carbocycles. The number of aliphatic hydroxyl groups excluding tert-OH is 1. The number of benzene rings is 2. The molecule has 0 heterocycles. The highest BCUT2D eigenvalue weighted by Gasteiger charge is 2.42. The minimum absolute atomic E-state index is 0.0273. The van der Waals surface area contributed by atoms with Crippen molar-refractivity contribution in [3.63, 3.8) is 0 Å². The van der Waals surface area contributed by atoms with Crippen molar-refractivity contribution in [1.82, 2.24) is 51.1 Å². The molecular formula is C63H102N10O11. The summed E-state index contributed by atoms with van der Waals surface area (Å²) >= 11 is 0. The number of aliphatic hydroxyl groups is 1. The van der Waals surface area contributed by atoms with Crippen LogP contribution in [-0.2, 0) is 60.8 Å². The second-order valence-corrected chi connectivity index (χ2v) is 24.4. The van der Waals surface area contributed by atoms with Crippen LogP contribution >= 0.6 is 0 Å². The highest BCUT2D eigenvalue weighted by Crippen LogP contribution is 2.22. The lowest BCUT2D eigenvalue weighted by Crippen LogP contribution is -2.62. The summed E-state index contributed by atoms with van der Waals surface area (Å²) in [6.07, 6.45) is 0.632. The van der Waals surface area contributed by atoms with Crippen LogP contribution in [0.1, 0.15) is 134 Å². The van der Waals surface area contributed by atoms with Crippen molar-refractivity contribution in [2.24, 2.45) is 29.6 Å². The van der Waals surface area contributed by atoms with Crippen molar-refractivity contribution in [3.8, 4) is 0 Å². The molecule has 0 saturated carbocycles. The smallest absolute Gasteiger partial charge is 0.246 e. The molecule has 6 N–H and O–H groups in total. The van der Waals surface area contributed by atoms with Crippen LogP contribution in [0.25, 0.3) is 0 Å². The first-order valence-electron chi connectivity index (χ1n) is 29.7. The molecule has 0 aliphatic carbocycles. The van der Waals surface area contributed by atoms with Crippen molar-refractivity contribution >= 4 is 59.1 Å². The van der Waals surface area contributed by atoms with Gasteiger partial charge in [0.1, 0.15) is 54.4 Å². The van der Waals surface area contributed by atoms with E-state index in [1.165, 1.54) is 63.5 Å². The van der Waals surface area contributed by atoms with Gasteiger partial charge in [-0.2, -0.15) is 0 Å². The third kappa shape index (κ3) is 22.3. The molecule has 0 unspecified atom stereocenters. The standard InChI is InChI=1S/C63H102N10O11/c1-20-41(10)53(63(84)72(18)50(35-39(6)7)60(81)69(15)32-31-46-27-23-21-24-28-46)68-57(78)49(34-38(4)5)71(17)61(82)51(36-47-29-25-22-26-30-47)73(19)62(83)52(40(8)9)67-55(76)42(11)64-56(77)48(33-37(2)3)70(16)59(80)43(12)65-58(79)54(44(13)74)66-45(14)75/h21-30,37-44,48-54,74H,20,31-36H2,1-19H3,(H,64,77)(H,65,79)(H,66,75)(H,67,76)(H,68,78)/t41-,42-,43-,44+,48-,49-,50-,51-,52+,53-,54-/m0/s1. The molecule has 10 amide bonds. The number of hydrogen-bond donors (Lipinski definition) is 6. The Hall–Kier alpha value is -6.90. The Morgan fingerprint density at radius 2 is 0.857 bits per heavy atom. The third-order valence-corrected chi connectivity index (χ3v) is 15.4. The first-order chi connectivity index (χ1) is 39.2. The van der Waals surface area contributed by atoms with E-state index in [0.29, 0.717) is 31.4 Å². The van der Waals surface area contributed by atoms with Crippen LogP contribution in [-0.4, -0.2) is 191 Å². The number of nitrogens with zero attached hydrogens (tertiary/aromatic N) is 5. The molecule has 21 heteroatoms. The predicted octanol–water partition coefficient (Wildman–Crippen LogP) is 3.94. The van der Waals surface area contributed by atoms with E-state index in [-0.39, 0.29) is 48.8 Å². The normalized spacial score (nSPS) is 15.4. The topological polar surface area (TPSA) is 267 Å².